The smallest absolute Gasteiger partial charge is 0.274 e. The number of hydrogen-bond acceptors (Lipinski definition) is 3. The molecule has 2 rings (SSSR count). The SMILES string of the molecule is Cc1cc(C(=O)NC(C)(CBr)c2ccccc2)no1. The standard InChI is InChI=1S/C14H15BrN2O2/c1-10-8-12(17-19-10)13(18)16-14(2,9-15)11-6-4-3-5-7-11/h3-8H,9H2,1-2H3,(H,16,18). The minimum atomic E-state index is -0.495. The second-order valence-electron chi connectivity index (χ2n) is 4.61. The van der Waals surface area contributed by atoms with E-state index >= 15 is 0 Å². The van der Waals surface area contributed by atoms with Gasteiger partial charge in [0.15, 0.2) is 5.69 Å². The Balaban J connectivity index is 2.22. The molecule has 2 aromatic rings. The fourth-order valence-electron chi connectivity index (χ4n) is 1.78. The molecule has 4 nitrogen and oxygen atoms in total. The lowest BCUT2D eigenvalue weighted by Gasteiger charge is -2.29. The number of rotatable bonds is 4. The van der Waals surface area contributed by atoms with Crippen molar-refractivity contribution in [2.24, 2.45) is 0 Å². The average molecular weight is 323 g/mol. The lowest BCUT2D eigenvalue weighted by molar-refractivity contribution is 0.0905. The quantitative estimate of drug-likeness (QED) is 0.880. The van der Waals surface area contributed by atoms with Crippen LogP contribution in [0.1, 0.15) is 28.7 Å². The van der Waals surface area contributed by atoms with E-state index < -0.39 is 5.54 Å². The number of alkyl halides is 1. The van der Waals surface area contributed by atoms with Crippen LogP contribution in [-0.2, 0) is 5.54 Å². The molecule has 1 unspecified atom stereocenters. The third-order valence-electron chi connectivity index (χ3n) is 2.93. The van der Waals surface area contributed by atoms with Crippen LogP contribution in [0.25, 0.3) is 0 Å². The van der Waals surface area contributed by atoms with E-state index in [2.05, 4.69) is 26.4 Å². The summed E-state index contributed by atoms with van der Waals surface area (Å²) in [4.78, 5) is 12.2. The van der Waals surface area contributed by atoms with E-state index in [9.17, 15) is 4.79 Å². The number of benzene rings is 1. The third kappa shape index (κ3) is 3.04. The molecule has 1 amide bonds. The largest absolute Gasteiger partial charge is 0.361 e. The first kappa shape index (κ1) is 13.8. The first-order valence-electron chi connectivity index (χ1n) is 5.92. The first-order valence-corrected chi connectivity index (χ1v) is 7.04. The number of nitrogens with one attached hydrogen (secondary N) is 1. The normalized spacial score (nSPS) is 13.8. The van der Waals surface area contributed by atoms with Crippen LogP contribution < -0.4 is 5.32 Å². The van der Waals surface area contributed by atoms with Gasteiger partial charge in [-0.3, -0.25) is 4.79 Å². The van der Waals surface area contributed by atoms with E-state index in [4.69, 9.17) is 4.52 Å². The second-order valence-corrected chi connectivity index (χ2v) is 5.17. The van der Waals surface area contributed by atoms with Gasteiger partial charge in [0, 0.05) is 11.4 Å². The van der Waals surface area contributed by atoms with Gasteiger partial charge in [-0.15, -0.1) is 0 Å². The summed E-state index contributed by atoms with van der Waals surface area (Å²) in [6, 6.07) is 11.4. The number of aryl methyl sites for hydroxylation is 1. The highest BCUT2D eigenvalue weighted by atomic mass is 79.9. The van der Waals surface area contributed by atoms with E-state index in [1.807, 2.05) is 37.3 Å². The zero-order valence-electron chi connectivity index (χ0n) is 10.8. The van der Waals surface area contributed by atoms with Crippen LogP contribution in [0.15, 0.2) is 40.9 Å². The van der Waals surface area contributed by atoms with Crippen molar-refractivity contribution in [1.29, 1.82) is 0 Å². The third-order valence-corrected chi connectivity index (χ3v) is 4.05. The molecule has 0 saturated carbocycles. The molecular formula is C14H15BrN2O2. The summed E-state index contributed by atoms with van der Waals surface area (Å²) >= 11 is 3.46. The molecule has 0 fully saturated rings. The van der Waals surface area contributed by atoms with Crippen molar-refractivity contribution < 1.29 is 9.32 Å². The molecule has 1 aromatic heterocycles. The van der Waals surface area contributed by atoms with Crippen molar-refractivity contribution in [2.75, 3.05) is 5.33 Å². The summed E-state index contributed by atoms with van der Waals surface area (Å²) in [5.41, 5.74) is 0.826. The summed E-state index contributed by atoms with van der Waals surface area (Å²) in [6.07, 6.45) is 0. The van der Waals surface area contributed by atoms with Crippen LogP contribution in [0.4, 0.5) is 0 Å². The number of carbonyl (C=O) groups is 1. The molecule has 19 heavy (non-hydrogen) atoms. The van der Waals surface area contributed by atoms with E-state index in [1.54, 1.807) is 13.0 Å². The van der Waals surface area contributed by atoms with Gasteiger partial charge in [-0.25, -0.2) is 0 Å². The Morgan fingerprint density at radius 2 is 2.11 bits per heavy atom. The monoisotopic (exact) mass is 322 g/mol. The molecule has 0 radical (unpaired) electrons. The van der Waals surface area contributed by atoms with Crippen molar-refractivity contribution >= 4 is 21.8 Å². The van der Waals surface area contributed by atoms with Gasteiger partial charge in [0.1, 0.15) is 5.76 Å². The molecule has 100 valence electrons. The average Bonchev–Trinajstić information content (AvgIpc) is 2.86. The van der Waals surface area contributed by atoms with Gasteiger partial charge in [0.2, 0.25) is 0 Å². The topological polar surface area (TPSA) is 55.1 Å². The molecule has 1 aromatic carbocycles. The maximum atomic E-state index is 12.2. The molecule has 5 heteroatoms. The number of amides is 1. The fourth-order valence-corrected chi connectivity index (χ4v) is 2.24. The Hall–Kier alpha value is -1.62. The lowest BCUT2D eigenvalue weighted by Crippen LogP contribution is -2.45. The molecule has 1 N–H and O–H groups in total. The molecular weight excluding hydrogens is 308 g/mol. The summed E-state index contributed by atoms with van der Waals surface area (Å²) in [6.45, 7) is 3.71. The predicted molar refractivity (Wildman–Crippen MR) is 76.3 cm³/mol. The van der Waals surface area contributed by atoms with Crippen LogP contribution in [0.2, 0.25) is 0 Å². The summed E-state index contributed by atoms with van der Waals surface area (Å²) in [5.74, 6) is 0.369. The van der Waals surface area contributed by atoms with Crippen LogP contribution in [0, 0.1) is 6.92 Å². The Morgan fingerprint density at radius 3 is 2.63 bits per heavy atom. The lowest BCUT2D eigenvalue weighted by atomic mass is 9.94. The van der Waals surface area contributed by atoms with Crippen LogP contribution in [0.3, 0.4) is 0 Å². The minimum Gasteiger partial charge on any atom is -0.361 e. The highest BCUT2D eigenvalue weighted by Crippen LogP contribution is 2.23. The van der Waals surface area contributed by atoms with E-state index in [-0.39, 0.29) is 5.91 Å². The fraction of sp³-hybridized carbons (Fsp3) is 0.286. The van der Waals surface area contributed by atoms with Gasteiger partial charge in [-0.05, 0) is 19.4 Å². The van der Waals surface area contributed by atoms with Crippen molar-refractivity contribution in [2.45, 2.75) is 19.4 Å². The van der Waals surface area contributed by atoms with Gasteiger partial charge < -0.3 is 9.84 Å². The number of nitrogens with zero attached hydrogens (tertiary/aromatic N) is 1. The maximum absolute atomic E-state index is 12.2. The van der Waals surface area contributed by atoms with Gasteiger partial charge in [-0.1, -0.05) is 51.4 Å². The summed E-state index contributed by atoms with van der Waals surface area (Å²) in [7, 11) is 0. The zero-order valence-corrected chi connectivity index (χ0v) is 12.4. The van der Waals surface area contributed by atoms with Crippen molar-refractivity contribution in [3.8, 4) is 0 Å². The Bertz CT molecular complexity index is 568. The van der Waals surface area contributed by atoms with Gasteiger partial charge in [0.25, 0.3) is 5.91 Å². The van der Waals surface area contributed by atoms with Crippen LogP contribution in [-0.4, -0.2) is 16.4 Å². The molecule has 0 saturated heterocycles. The highest BCUT2D eigenvalue weighted by Gasteiger charge is 2.28. The van der Waals surface area contributed by atoms with E-state index in [1.165, 1.54) is 0 Å². The first-order chi connectivity index (χ1) is 9.05. The second kappa shape index (κ2) is 5.57. The summed E-state index contributed by atoms with van der Waals surface area (Å²) in [5, 5.41) is 7.31. The number of aromatic nitrogens is 1. The molecule has 0 aliphatic rings. The molecule has 0 bridgehead atoms. The Morgan fingerprint density at radius 1 is 1.42 bits per heavy atom. The van der Waals surface area contributed by atoms with E-state index in [0.29, 0.717) is 16.8 Å². The maximum Gasteiger partial charge on any atom is 0.274 e. The van der Waals surface area contributed by atoms with Crippen LogP contribution in [0.5, 0.6) is 0 Å². The molecule has 0 spiro atoms. The highest BCUT2D eigenvalue weighted by molar-refractivity contribution is 9.09. The minimum absolute atomic E-state index is 0.248. The number of carbonyl (C=O) groups excluding carboxylic acids is 1. The van der Waals surface area contributed by atoms with Gasteiger partial charge in [0.05, 0.1) is 5.54 Å². The van der Waals surface area contributed by atoms with Crippen molar-refractivity contribution in [3.63, 3.8) is 0 Å². The number of halogens is 1. The van der Waals surface area contributed by atoms with Crippen molar-refractivity contribution in [1.82, 2.24) is 10.5 Å². The van der Waals surface area contributed by atoms with Gasteiger partial charge in [-0.2, -0.15) is 0 Å². The van der Waals surface area contributed by atoms with Crippen molar-refractivity contribution in [3.05, 3.63) is 53.4 Å². The molecule has 0 aliphatic carbocycles. The Labute approximate surface area is 120 Å². The molecule has 0 aliphatic heterocycles. The van der Waals surface area contributed by atoms with Gasteiger partial charge >= 0.3 is 0 Å². The number of hydrogen-bond donors (Lipinski definition) is 1. The van der Waals surface area contributed by atoms with E-state index in [0.717, 1.165) is 5.56 Å². The molecule has 1 atom stereocenters. The molecule has 1 heterocycles. The predicted octanol–water partition coefficient (Wildman–Crippen LogP) is 3.02. The Kier molecular flexibility index (Phi) is 4.04. The van der Waals surface area contributed by atoms with Crippen LogP contribution >= 0.6 is 15.9 Å². The zero-order chi connectivity index (χ0) is 13.9. The summed E-state index contributed by atoms with van der Waals surface area (Å²) < 4.78 is 4.92.